The van der Waals surface area contributed by atoms with Crippen LogP contribution in [0.3, 0.4) is 0 Å². The molecule has 0 atom stereocenters. The normalized spacial score (nSPS) is 9.67. The summed E-state index contributed by atoms with van der Waals surface area (Å²) in [5.74, 6) is -0.656. The van der Waals surface area contributed by atoms with Gasteiger partial charge in [-0.1, -0.05) is 46.3 Å². The molecule has 0 bridgehead atoms. The zero-order valence-electron chi connectivity index (χ0n) is 8.11. The van der Waals surface area contributed by atoms with Gasteiger partial charge in [-0.05, 0) is 5.56 Å². The van der Waals surface area contributed by atoms with Gasteiger partial charge in [-0.2, -0.15) is 0 Å². The van der Waals surface area contributed by atoms with E-state index in [1.165, 1.54) is 0 Å². The van der Waals surface area contributed by atoms with Crippen LogP contribution in [0.1, 0.15) is 12.0 Å². The van der Waals surface area contributed by atoms with Crippen LogP contribution in [0.25, 0.3) is 0 Å². The number of halogens is 1. The number of ketones is 1. The third-order valence-corrected chi connectivity index (χ3v) is 2.36. The van der Waals surface area contributed by atoms with Gasteiger partial charge in [0.05, 0.1) is 5.33 Å². The number of carbonyl (C=O) groups is 2. The summed E-state index contributed by atoms with van der Waals surface area (Å²) in [5.41, 5.74) is 0.914. The van der Waals surface area contributed by atoms with Crippen LogP contribution in [0, 0.1) is 0 Å². The molecule has 0 aromatic heterocycles. The van der Waals surface area contributed by atoms with E-state index in [4.69, 9.17) is 4.74 Å². The van der Waals surface area contributed by atoms with Crippen LogP contribution in [0.5, 0.6) is 0 Å². The van der Waals surface area contributed by atoms with Crippen LogP contribution in [0.4, 0.5) is 0 Å². The summed E-state index contributed by atoms with van der Waals surface area (Å²) >= 11 is 2.98. The first kappa shape index (κ1) is 11.9. The average molecular weight is 271 g/mol. The second-order valence-corrected chi connectivity index (χ2v) is 3.56. The van der Waals surface area contributed by atoms with Crippen molar-refractivity contribution in [2.75, 3.05) is 5.33 Å². The van der Waals surface area contributed by atoms with E-state index in [9.17, 15) is 9.59 Å². The second kappa shape index (κ2) is 6.35. The number of alkyl halides is 1. The van der Waals surface area contributed by atoms with Crippen molar-refractivity contribution in [3.8, 4) is 0 Å². The molecule has 4 heteroatoms. The Bertz CT molecular complexity index is 335. The van der Waals surface area contributed by atoms with Gasteiger partial charge in [-0.3, -0.25) is 9.59 Å². The molecule has 0 heterocycles. The lowest BCUT2D eigenvalue weighted by Crippen LogP contribution is -2.11. The van der Waals surface area contributed by atoms with Gasteiger partial charge in [0.2, 0.25) is 0 Å². The minimum Gasteiger partial charge on any atom is -0.460 e. The molecule has 0 aliphatic carbocycles. The predicted octanol–water partition coefficient (Wildman–Crippen LogP) is 2.08. The summed E-state index contributed by atoms with van der Waals surface area (Å²) in [6.45, 7) is 0.217. The van der Waals surface area contributed by atoms with E-state index in [0.717, 1.165) is 5.56 Å². The van der Waals surface area contributed by atoms with Crippen molar-refractivity contribution in [2.24, 2.45) is 0 Å². The third-order valence-electron chi connectivity index (χ3n) is 1.73. The van der Waals surface area contributed by atoms with Gasteiger partial charge in [0, 0.05) is 0 Å². The Balaban J connectivity index is 2.32. The molecule has 0 N–H and O–H groups in total. The molecule has 0 saturated heterocycles. The summed E-state index contributed by atoms with van der Waals surface area (Å²) in [6.07, 6.45) is -0.169. The molecule has 0 spiro atoms. The first-order chi connectivity index (χ1) is 7.22. The van der Waals surface area contributed by atoms with Crippen molar-refractivity contribution in [2.45, 2.75) is 13.0 Å². The summed E-state index contributed by atoms with van der Waals surface area (Å²) in [7, 11) is 0. The van der Waals surface area contributed by atoms with Gasteiger partial charge in [0.25, 0.3) is 0 Å². The van der Waals surface area contributed by atoms with E-state index in [1.807, 2.05) is 30.3 Å². The van der Waals surface area contributed by atoms with Gasteiger partial charge in [-0.25, -0.2) is 0 Å². The number of benzene rings is 1. The fraction of sp³-hybridized carbons (Fsp3) is 0.273. The summed E-state index contributed by atoms with van der Waals surface area (Å²) in [4.78, 5) is 22.0. The Morgan fingerprint density at radius 3 is 2.47 bits per heavy atom. The summed E-state index contributed by atoms with van der Waals surface area (Å²) in [5, 5.41) is 0.188. The van der Waals surface area contributed by atoms with E-state index >= 15 is 0 Å². The number of hydrogen-bond acceptors (Lipinski definition) is 3. The minimum atomic E-state index is -0.483. The molecule has 0 aliphatic heterocycles. The molecular formula is C11H11BrO3. The summed E-state index contributed by atoms with van der Waals surface area (Å²) in [6, 6.07) is 9.35. The summed E-state index contributed by atoms with van der Waals surface area (Å²) < 4.78 is 4.92. The smallest absolute Gasteiger partial charge is 0.313 e. The van der Waals surface area contributed by atoms with Gasteiger partial charge in [-0.15, -0.1) is 0 Å². The second-order valence-electron chi connectivity index (χ2n) is 3.00. The first-order valence-corrected chi connectivity index (χ1v) is 5.61. The van der Waals surface area contributed by atoms with Crippen molar-refractivity contribution in [1.29, 1.82) is 0 Å². The molecule has 1 rings (SSSR count). The largest absolute Gasteiger partial charge is 0.460 e. The van der Waals surface area contributed by atoms with Gasteiger partial charge in [0.1, 0.15) is 13.0 Å². The fourth-order valence-electron chi connectivity index (χ4n) is 0.997. The molecule has 0 amide bonds. The van der Waals surface area contributed by atoms with Crippen LogP contribution >= 0.6 is 15.9 Å². The lowest BCUT2D eigenvalue weighted by atomic mass is 10.2. The van der Waals surface area contributed by atoms with Crippen molar-refractivity contribution < 1.29 is 14.3 Å². The van der Waals surface area contributed by atoms with E-state index < -0.39 is 5.97 Å². The highest BCUT2D eigenvalue weighted by molar-refractivity contribution is 9.09. The van der Waals surface area contributed by atoms with E-state index in [-0.39, 0.29) is 24.1 Å². The molecule has 0 radical (unpaired) electrons. The van der Waals surface area contributed by atoms with E-state index in [2.05, 4.69) is 15.9 Å². The molecule has 80 valence electrons. The maximum atomic E-state index is 11.1. The minimum absolute atomic E-state index is 0.169. The molecule has 0 saturated carbocycles. The van der Waals surface area contributed by atoms with Crippen LogP contribution < -0.4 is 0 Å². The maximum Gasteiger partial charge on any atom is 0.313 e. The highest BCUT2D eigenvalue weighted by atomic mass is 79.9. The van der Waals surface area contributed by atoms with Crippen molar-refractivity contribution >= 4 is 27.7 Å². The van der Waals surface area contributed by atoms with Gasteiger partial charge >= 0.3 is 5.97 Å². The highest BCUT2D eigenvalue weighted by Crippen LogP contribution is 2.02. The SMILES string of the molecule is O=C(CBr)CC(=O)OCc1ccccc1. The topological polar surface area (TPSA) is 43.4 Å². The number of carbonyl (C=O) groups excluding carboxylic acids is 2. The molecule has 3 nitrogen and oxygen atoms in total. The van der Waals surface area contributed by atoms with Crippen LogP contribution in [-0.2, 0) is 20.9 Å². The van der Waals surface area contributed by atoms with Gasteiger partial charge < -0.3 is 4.74 Å². The fourth-order valence-corrected chi connectivity index (χ4v) is 1.20. The van der Waals surface area contributed by atoms with Crippen molar-refractivity contribution in [3.05, 3.63) is 35.9 Å². The number of esters is 1. The Hall–Kier alpha value is -1.16. The Kier molecular flexibility index (Phi) is 5.04. The number of hydrogen-bond donors (Lipinski definition) is 0. The Morgan fingerprint density at radius 2 is 1.87 bits per heavy atom. The monoisotopic (exact) mass is 270 g/mol. The number of Topliss-reactive ketones (excluding diaryl/α,β-unsaturated/α-hetero) is 1. The number of rotatable bonds is 5. The third kappa shape index (κ3) is 4.74. The molecule has 1 aromatic carbocycles. The van der Waals surface area contributed by atoms with E-state index in [1.54, 1.807) is 0 Å². The number of ether oxygens (including phenoxy) is 1. The Morgan fingerprint density at radius 1 is 1.20 bits per heavy atom. The quantitative estimate of drug-likeness (QED) is 0.468. The molecule has 0 fully saturated rings. The van der Waals surface area contributed by atoms with Crippen LogP contribution in [0.2, 0.25) is 0 Å². The van der Waals surface area contributed by atoms with E-state index in [0.29, 0.717) is 0 Å². The standard InChI is InChI=1S/C11H11BrO3/c12-7-10(13)6-11(14)15-8-9-4-2-1-3-5-9/h1-5H,6-8H2. The molecule has 1 aromatic rings. The van der Waals surface area contributed by atoms with Crippen LogP contribution in [-0.4, -0.2) is 17.1 Å². The lowest BCUT2D eigenvalue weighted by Gasteiger charge is -2.03. The van der Waals surface area contributed by atoms with Crippen molar-refractivity contribution in [1.82, 2.24) is 0 Å². The average Bonchev–Trinajstić information content (AvgIpc) is 2.27. The molecule has 15 heavy (non-hydrogen) atoms. The molecular weight excluding hydrogens is 260 g/mol. The lowest BCUT2D eigenvalue weighted by molar-refractivity contribution is -0.146. The molecule has 0 unspecified atom stereocenters. The predicted molar refractivity (Wildman–Crippen MR) is 59.7 cm³/mol. The zero-order chi connectivity index (χ0) is 11.1. The highest BCUT2D eigenvalue weighted by Gasteiger charge is 2.09. The van der Waals surface area contributed by atoms with Gasteiger partial charge in [0.15, 0.2) is 5.78 Å². The first-order valence-electron chi connectivity index (χ1n) is 4.49. The van der Waals surface area contributed by atoms with Crippen LogP contribution in [0.15, 0.2) is 30.3 Å². The molecule has 0 aliphatic rings. The van der Waals surface area contributed by atoms with Crippen molar-refractivity contribution in [3.63, 3.8) is 0 Å². The zero-order valence-corrected chi connectivity index (χ0v) is 9.70. The Labute approximate surface area is 96.6 Å². The maximum absolute atomic E-state index is 11.1.